The molecule has 2 heterocycles. The van der Waals surface area contributed by atoms with Gasteiger partial charge < -0.3 is 15.2 Å². The van der Waals surface area contributed by atoms with Crippen molar-refractivity contribution in [3.05, 3.63) is 75.2 Å². The van der Waals surface area contributed by atoms with Gasteiger partial charge in [-0.25, -0.2) is 0 Å². The fourth-order valence-electron chi connectivity index (χ4n) is 3.79. The van der Waals surface area contributed by atoms with Crippen LogP contribution in [-0.2, 0) is 11.3 Å². The molecule has 2 aromatic heterocycles. The normalized spacial score (nSPS) is 13.0. The molecule has 1 N–H and O–H groups in total. The molecule has 30 heavy (non-hydrogen) atoms. The van der Waals surface area contributed by atoms with E-state index in [4.69, 9.17) is 0 Å². The van der Waals surface area contributed by atoms with Gasteiger partial charge >= 0.3 is 51.4 Å². The van der Waals surface area contributed by atoms with Crippen LogP contribution >= 0.6 is 0 Å². The standard InChI is InChI=1S/C23H22N2O4.K/c1-13-18(16-5-3-15(4-6-16)12-24-14(2)26)9-10-25-21(13)19(17-7-8-17)11-20(22(25)27)23(28)29;/h3-6,9-11,17H,7-8,12H2,1-2H3,(H,24,26)(H,28,29);/q;+1/p-1. The molecule has 1 aromatic carbocycles. The average Bonchev–Trinajstić information content (AvgIpc) is 3.52. The van der Waals surface area contributed by atoms with E-state index in [-0.39, 0.29) is 68.8 Å². The average molecular weight is 429 g/mol. The quantitative estimate of drug-likeness (QED) is 0.537. The summed E-state index contributed by atoms with van der Waals surface area (Å²) in [6.07, 6.45) is 3.62. The molecule has 0 radical (unpaired) electrons. The zero-order valence-electron chi connectivity index (χ0n) is 17.3. The van der Waals surface area contributed by atoms with Gasteiger partial charge in [-0.05, 0) is 65.6 Å². The Kier molecular flexibility index (Phi) is 6.99. The Morgan fingerprint density at radius 2 is 1.83 bits per heavy atom. The number of benzene rings is 1. The molecule has 1 fully saturated rings. The fraction of sp³-hybridized carbons (Fsp3) is 0.261. The third-order valence-corrected chi connectivity index (χ3v) is 5.46. The van der Waals surface area contributed by atoms with Crippen LogP contribution in [0.2, 0.25) is 0 Å². The van der Waals surface area contributed by atoms with Gasteiger partial charge in [-0.15, -0.1) is 0 Å². The minimum Gasteiger partial charge on any atom is -0.545 e. The molecular formula is C23H21KN2O4. The maximum atomic E-state index is 12.6. The van der Waals surface area contributed by atoms with Crippen LogP contribution in [0.5, 0.6) is 0 Å². The minimum atomic E-state index is -1.44. The number of carbonyl (C=O) groups excluding carboxylic acids is 2. The SMILES string of the molecule is CC(=O)NCc1ccc(-c2ccn3c(=O)c(C(=O)[O-])cc(C4CC4)c3c2C)cc1.[K+]. The molecule has 0 aliphatic heterocycles. The summed E-state index contributed by atoms with van der Waals surface area (Å²) >= 11 is 0. The van der Waals surface area contributed by atoms with Crippen LogP contribution in [0, 0.1) is 6.92 Å². The van der Waals surface area contributed by atoms with Crippen LogP contribution in [-0.4, -0.2) is 16.3 Å². The number of nitrogens with one attached hydrogen (secondary N) is 1. The van der Waals surface area contributed by atoms with Crippen LogP contribution in [0.25, 0.3) is 16.6 Å². The van der Waals surface area contributed by atoms with Gasteiger partial charge in [0.2, 0.25) is 5.91 Å². The first-order valence-corrected chi connectivity index (χ1v) is 9.60. The summed E-state index contributed by atoms with van der Waals surface area (Å²) in [4.78, 5) is 35.1. The van der Waals surface area contributed by atoms with E-state index in [0.717, 1.165) is 46.2 Å². The van der Waals surface area contributed by atoms with Gasteiger partial charge in [-0.1, -0.05) is 24.3 Å². The number of fused-ring (bicyclic) bond motifs is 1. The first-order valence-electron chi connectivity index (χ1n) is 9.60. The zero-order chi connectivity index (χ0) is 20.7. The number of carbonyl (C=O) groups is 2. The van der Waals surface area contributed by atoms with Crippen LogP contribution in [0.3, 0.4) is 0 Å². The van der Waals surface area contributed by atoms with Gasteiger partial charge in [0.25, 0.3) is 5.56 Å². The van der Waals surface area contributed by atoms with Crippen molar-refractivity contribution in [3.63, 3.8) is 0 Å². The number of rotatable bonds is 5. The van der Waals surface area contributed by atoms with Gasteiger partial charge in [0.1, 0.15) is 0 Å². The number of nitrogens with zero attached hydrogens (tertiary/aromatic N) is 1. The maximum absolute atomic E-state index is 12.6. The number of aromatic nitrogens is 1. The van der Waals surface area contributed by atoms with Gasteiger partial charge in [0.05, 0.1) is 17.0 Å². The number of amides is 1. The van der Waals surface area contributed by atoms with E-state index in [1.54, 1.807) is 6.20 Å². The van der Waals surface area contributed by atoms with E-state index in [2.05, 4.69) is 5.32 Å². The van der Waals surface area contributed by atoms with Crippen molar-refractivity contribution in [2.24, 2.45) is 0 Å². The molecule has 0 unspecified atom stereocenters. The predicted octanol–water partition coefficient (Wildman–Crippen LogP) is -0.844. The fourth-order valence-corrected chi connectivity index (χ4v) is 3.79. The van der Waals surface area contributed by atoms with E-state index in [9.17, 15) is 19.5 Å². The minimum absolute atomic E-state index is 0. The van der Waals surface area contributed by atoms with Crippen molar-refractivity contribution in [2.75, 3.05) is 0 Å². The van der Waals surface area contributed by atoms with Crippen molar-refractivity contribution in [1.82, 2.24) is 9.72 Å². The Morgan fingerprint density at radius 1 is 1.17 bits per heavy atom. The number of pyridine rings is 2. The first kappa shape index (κ1) is 22.9. The van der Waals surface area contributed by atoms with E-state index >= 15 is 0 Å². The molecule has 0 spiro atoms. The number of carboxylic acid groups (broad SMARTS) is 1. The molecule has 6 nitrogen and oxygen atoms in total. The number of aromatic carboxylic acids is 1. The summed E-state index contributed by atoms with van der Waals surface area (Å²) in [6.45, 7) is 3.91. The molecule has 4 rings (SSSR count). The zero-order valence-corrected chi connectivity index (χ0v) is 20.4. The van der Waals surface area contributed by atoms with Crippen LogP contribution in [0.1, 0.15) is 52.7 Å². The largest absolute Gasteiger partial charge is 1.00 e. The molecule has 1 aliphatic rings. The summed E-state index contributed by atoms with van der Waals surface area (Å²) in [5, 5.41) is 14.2. The Bertz CT molecular complexity index is 1190. The van der Waals surface area contributed by atoms with Crippen LogP contribution < -0.4 is 67.4 Å². The topological polar surface area (TPSA) is 90.7 Å². The summed E-state index contributed by atoms with van der Waals surface area (Å²) in [7, 11) is 0. The summed E-state index contributed by atoms with van der Waals surface area (Å²) in [5.41, 5.74) is 4.73. The molecule has 1 amide bonds. The van der Waals surface area contributed by atoms with Crippen molar-refractivity contribution < 1.29 is 66.1 Å². The summed E-state index contributed by atoms with van der Waals surface area (Å²) in [6, 6.07) is 11.2. The van der Waals surface area contributed by atoms with Gasteiger partial charge in [-0.3, -0.25) is 14.0 Å². The molecule has 3 aromatic rings. The second-order valence-corrected chi connectivity index (χ2v) is 7.56. The van der Waals surface area contributed by atoms with Gasteiger partial charge in [0, 0.05) is 19.7 Å². The Labute approximate surface area is 216 Å². The van der Waals surface area contributed by atoms with Gasteiger partial charge in [0.15, 0.2) is 0 Å². The van der Waals surface area contributed by atoms with E-state index in [0.29, 0.717) is 6.54 Å². The Hall–Kier alpha value is -1.77. The Balaban J connectivity index is 0.00000256. The van der Waals surface area contributed by atoms with Crippen molar-refractivity contribution in [1.29, 1.82) is 0 Å². The first-order chi connectivity index (χ1) is 13.9. The molecule has 0 saturated heterocycles. The van der Waals surface area contributed by atoms with Crippen LogP contribution in [0.15, 0.2) is 47.4 Å². The predicted molar refractivity (Wildman–Crippen MR) is 108 cm³/mol. The second kappa shape index (κ2) is 9.16. The maximum Gasteiger partial charge on any atom is 1.00 e. The number of carboxylic acids is 1. The number of aryl methyl sites for hydroxylation is 1. The molecule has 0 bridgehead atoms. The summed E-state index contributed by atoms with van der Waals surface area (Å²) in [5.74, 6) is -1.24. The Morgan fingerprint density at radius 3 is 2.40 bits per heavy atom. The molecule has 0 atom stereocenters. The molecule has 1 saturated carbocycles. The van der Waals surface area contributed by atoms with E-state index in [1.165, 1.54) is 17.4 Å². The van der Waals surface area contributed by atoms with E-state index < -0.39 is 11.5 Å². The van der Waals surface area contributed by atoms with Crippen molar-refractivity contribution in [2.45, 2.75) is 39.2 Å². The smallest absolute Gasteiger partial charge is 0.545 e. The molecule has 1 aliphatic carbocycles. The molecular weight excluding hydrogens is 407 g/mol. The number of hydrogen-bond acceptors (Lipinski definition) is 4. The molecule has 7 heteroatoms. The van der Waals surface area contributed by atoms with Crippen molar-refractivity contribution in [3.8, 4) is 11.1 Å². The van der Waals surface area contributed by atoms with Crippen molar-refractivity contribution >= 4 is 17.4 Å². The molecule has 148 valence electrons. The number of hydrogen-bond donors (Lipinski definition) is 1. The second-order valence-electron chi connectivity index (χ2n) is 7.56. The third-order valence-electron chi connectivity index (χ3n) is 5.46. The third kappa shape index (κ3) is 4.45. The van der Waals surface area contributed by atoms with E-state index in [1.807, 2.05) is 37.3 Å². The van der Waals surface area contributed by atoms with Crippen LogP contribution in [0.4, 0.5) is 0 Å². The van der Waals surface area contributed by atoms with Gasteiger partial charge in [-0.2, -0.15) is 0 Å². The summed E-state index contributed by atoms with van der Waals surface area (Å²) < 4.78 is 1.43. The monoisotopic (exact) mass is 428 g/mol.